The maximum absolute atomic E-state index is 5.82. The van der Waals surface area contributed by atoms with E-state index in [2.05, 4.69) is 21.2 Å². The molecule has 1 N–H and O–H groups in total. The molecule has 1 unspecified atom stereocenters. The van der Waals surface area contributed by atoms with Crippen LogP contribution < -0.4 is 5.32 Å². The predicted molar refractivity (Wildman–Crippen MR) is 69.9 cm³/mol. The number of hydrogen-bond donors (Lipinski definition) is 1. The summed E-state index contributed by atoms with van der Waals surface area (Å²) >= 11 is 9.26. The molecule has 2 aromatic rings. The molecule has 0 amide bonds. The van der Waals surface area contributed by atoms with Crippen molar-refractivity contribution in [2.75, 3.05) is 5.32 Å². The normalized spacial score (nSPS) is 12.4. The molecule has 0 bridgehead atoms. The lowest BCUT2D eigenvalue weighted by molar-refractivity contribution is 0.488. The van der Waals surface area contributed by atoms with Crippen molar-refractivity contribution in [2.24, 2.45) is 0 Å². The fraction of sp³-hybridized carbons (Fsp3) is 0.167. The number of nitrogens with one attached hydrogen (secondary N) is 1. The SMILES string of the molecule is CC(Nc1ccc(Cl)cc1)c1occc1Br. The van der Waals surface area contributed by atoms with Crippen LogP contribution in [0, 0.1) is 0 Å². The van der Waals surface area contributed by atoms with E-state index in [4.69, 9.17) is 16.0 Å². The number of benzene rings is 1. The van der Waals surface area contributed by atoms with Crippen LogP contribution in [0.4, 0.5) is 5.69 Å². The van der Waals surface area contributed by atoms with Gasteiger partial charge in [-0.2, -0.15) is 0 Å². The molecule has 2 rings (SSSR count). The van der Waals surface area contributed by atoms with Crippen LogP contribution in [0.15, 0.2) is 45.5 Å². The molecule has 0 aliphatic rings. The monoisotopic (exact) mass is 299 g/mol. The third-order valence-electron chi connectivity index (χ3n) is 2.27. The number of hydrogen-bond acceptors (Lipinski definition) is 2. The van der Waals surface area contributed by atoms with Gasteiger partial charge in [0.25, 0.3) is 0 Å². The van der Waals surface area contributed by atoms with Crippen molar-refractivity contribution in [3.05, 3.63) is 51.9 Å². The summed E-state index contributed by atoms with van der Waals surface area (Å²) in [6.07, 6.45) is 1.67. The molecule has 4 heteroatoms. The van der Waals surface area contributed by atoms with Crippen molar-refractivity contribution >= 4 is 33.2 Å². The van der Waals surface area contributed by atoms with Crippen molar-refractivity contribution < 1.29 is 4.42 Å². The topological polar surface area (TPSA) is 25.2 Å². The largest absolute Gasteiger partial charge is 0.466 e. The molecule has 0 aliphatic carbocycles. The molecule has 1 aromatic carbocycles. The van der Waals surface area contributed by atoms with E-state index in [-0.39, 0.29) is 6.04 Å². The van der Waals surface area contributed by atoms with Gasteiger partial charge in [-0.1, -0.05) is 11.6 Å². The summed E-state index contributed by atoms with van der Waals surface area (Å²) in [5, 5.41) is 4.06. The quantitative estimate of drug-likeness (QED) is 0.875. The molecule has 0 radical (unpaired) electrons. The predicted octanol–water partition coefficient (Wildman–Crippen LogP) is 4.87. The van der Waals surface area contributed by atoms with Crippen molar-refractivity contribution in [1.29, 1.82) is 0 Å². The van der Waals surface area contributed by atoms with Gasteiger partial charge in [0.2, 0.25) is 0 Å². The fourth-order valence-corrected chi connectivity index (χ4v) is 2.15. The van der Waals surface area contributed by atoms with Crippen LogP contribution >= 0.6 is 27.5 Å². The Bertz CT molecular complexity index is 466. The Balaban J connectivity index is 2.10. The van der Waals surface area contributed by atoms with Gasteiger partial charge < -0.3 is 9.73 Å². The number of anilines is 1. The highest BCUT2D eigenvalue weighted by Gasteiger charge is 2.12. The van der Waals surface area contributed by atoms with Gasteiger partial charge in [0.1, 0.15) is 5.76 Å². The molecule has 2 nitrogen and oxygen atoms in total. The molecule has 0 spiro atoms. The molecule has 0 fully saturated rings. The van der Waals surface area contributed by atoms with E-state index in [9.17, 15) is 0 Å². The van der Waals surface area contributed by atoms with Gasteiger partial charge in [0.15, 0.2) is 0 Å². The summed E-state index contributed by atoms with van der Waals surface area (Å²) in [5.74, 6) is 0.884. The Kier molecular flexibility index (Phi) is 3.56. The average molecular weight is 301 g/mol. The second-order valence-electron chi connectivity index (χ2n) is 3.51. The van der Waals surface area contributed by atoms with Gasteiger partial charge in [-0.15, -0.1) is 0 Å². The van der Waals surface area contributed by atoms with Gasteiger partial charge in [-0.25, -0.2) is 0 Å². The molecule has 1 heterocycles. The average Bonchev–Trinajstić information content (AvgIpc) is 2.68. The molecule has 1 atom stereocenters. The van der Waals surface area contributed by atoms with E-state index in [1.165, 1.54) is 0 Å². The summed E-state index contributed by atoms with van der Waals surface area (Å²) in [5.41, 5.74) is 1.01. The van der Waals surface area contributed by atoms with Crippen LogP contribution in [0.3, 0.4) is 0 Å². The molecule has 1 aromatic heterocycles. The van der Waals surface area contributed by atoms with Crippen LogP contribution in [0.25, 0.3) is 0 Å². The molecular formula is C12H11BrClNO. The van der Waals surface area contributed by atoms with Gasteiger partial charge in [-0.05, 0) is 53.2 Å². The van der Waals surface area contributed by atoms with E-state index in [0.717, 1.165) is 20.9 Å². The third kappa shape index (κ3) is 2.60. The number of halogens is 2. The van der Waals surface area contributed by atoms with E-state index in [0.29, 0.717) is 0 Å². The first-order valence-corrected chi connectivity index (χ1v) is 6.09. The zero-order chi connectivity index (χ0) is 11.5. The van der Waals surface area contributed by atoms with Gasteiger partial charge in [0, 0.05) is 10.7 Å². The summed E-state index contributed by atoms with van der Waals surface area (Å²) in [6.45, 7) is 2.04. The first kappa shape index (κ1) is 11.6. The first-order chi connectivity index (χ1) is 7.66. The van der Waals surface area contributed by atoms with E-state index in [1.807, 2.05) is 37.3 Å². The molecule has 84 valence electrons. The summed E-state index contributed by atoms with van der Waals surface area (Å²) in [6, 6.07) is 9.58. The van der Waals surface area contributed by atoms with E-state index < -0.39 is 0 Å². The van der Waals surface area contributed by atoms with Crippen molar-refractivity contribution in [3.63, 3.8) is 0 Å². The van der Waals surface area contributed by atoms with Crippen molar-refractivity contribution in [2.45, 2.75) is 13.0 Å². The first-order valence-electron chi connectivity index (χ1n) is 4.92. The smallest absolute Gasteiger partial charge is 0.139 e. The molecule has 0 aliphatic heterocycles. The van der Waals surface area contributed by atoms with Gasteiger partial charge >= 0.3 is 0 Å². The van der Waals surface area contributed by atoms with Crippen LogP contribution in [0.5, 0.6) is 0 Å². The van der Waals surface area contributed by atoms with Gasteiger partial charge in [-0.3, -0.25) is 0 Å². The van der Waals surface area contributed by atoms with Crippen LogP contribution in [0.2, 0.25) is 5.02 Å². The minimum Gasteiger partial charge on any atom is -0.466 e. The summed E-state index contributed by atoms with van der Waals surface area (Å²) in [4.78, 5) is 0. The summed E-state index contributed by atoms with van der Waals surface area (Å²) < 4.78 is 6.36. The molecule has 0 saturated heterocycles. The van der Waals surface area contributed by atoms with Gasteiger partial charge in [0.05, 0.1) is 16.8 Å². The van der Waals surface area contributed by atoms with Crippen molar-refractivity contribution in [3.8, 4) is 0 Å². The maximum Gasteiger partial charge on any atom is 0.139 e. The third-order valence-corrected chi connectivity index (χ3v) is 3.17. The lowest BCUT2D eigenvalue weighted by atomic mass is 10.2. The minimum atomic E-state index is 0.102. The maximum atomic E-state index is 5.82. The Hall–Kier alpha value is -0.930. The Morgan fingerprint density at radius 2 is 1.94 bits per heavy atom. The fourth-order valence-electron chi connectivity index (χ4n) is 1.48. The number of rotatable bonds is 3. The Labute approximate surface area is 108 Å². The zero-order valence-corrected chi connectivity index (χ0v) is 11.0. The van der Waals surface area contributed by atoms with Crippen LogP contribution in [-0.4, -0.2) is 0 Å². The second kappa shape index (κ2) is 4.93. The lowest BCUT2D eigenvalue weighted by Crippen LogP contribution is -2.05. The van der Waals surface area contributed by atoms with Crippen LogP contribution in [0.1, 0.15) is 18.7 Å². The molecule has 16 heavy (non-hydrogen) atoms. The van der Waals surface area contributed by atoms with Crippen molar-refractivity contribution in [1.82, 2.24) is 0 Å². The van der Waals surface area contributed by atoms with E-state index >= 15 is 0 Å². The lowest BCUT2D eigenvalue weighted by Gasteiger charge is -2.13. The highest BCUT2D eigenvalue weighted by Crippen LogP contribution is 2.27. The second-order valence-corrected chi connectivity index (χ2v) is 4.80. The standard InChI is InChI=1S/C12H11BrClNO/c1-8(12-11(13)6-7-16-12)15-10-4-2-9(14)3-5-10/h2-8,15H,1H3. The van der Waals surface area contributed by atoms with Crippen LogP contribution in [-0.2, 0) is 0 Å². The highest BCUT2D eigenvalue weighted by atomic mass is 79.9. The Morgan fingerprint density at radius 1 is 1.25 bits per heavy atom. The minimum absolute atomic E-state index is 0.102. The Morgan fingerprint density at radius 3 is 2.50 bits per heavy atom. The van der Waals surface area contributed by atoms with E-state index in [1.54, 1.807) is 6.26 Å². The molecular weight excluding hydrogens is 289 g/mol. The highest BCUT2D eigenvalue weighted by molar-refractivity contribution is 9.10. The summed E-state index contributed by atoms with van der Waals surface area (Å²) in [7, 11) is 0. The zero-order valence-electron chi connectivity index (χ0n) is 8.71. The number of furan rings is 1. The molecule has 0 saturated carbocycles.